The number of amides is 1. The Balaban J connectivity index is 1.50. The van der Waals surface area contributed by atoms with E-state index in [9.17, 15) is 13.2 Å². The molecule has 0 radical (unpaired) electrons. The van der Waals surface area contributed by atoms with Gasteiger partial charge in [-0.25, -0.2) is 13.1 Å². The van der Waals surface area contributed by atoms with Crippen LogP contribution >= 0.6 is 0 Å². The zero-order valence-corrected chi connectivity index (χ0v) is 19.3. The highest BCUT2D eigenvalue weighted by Crippen LogP contribution is 2.23. The molecule has 0 unspecified atom stereocenters. The minimum atomic E-state index is -3.57. The van der Waals surface area contributed by atoms with Crippen LogP contribution in [0.1, 0.15) is 32.8 Å². The van der Waals surface area contributed by atoms with E-state index >= 15 is 0 Å². The highest BCUT2D eigenvalue weighted by molar-refractivity contribution is 7.89. The van der Waals surface area contributed by atoms with E-state index in [1.165, 1.54) is 0 Å². The number of hydrogen-bond acceptors (Lipinski definition) is 4. The van der Waals surface area contributed by atoms with Gasteiger partial charge < -0.3 is 10.1 Å². The number of rotatable bonds is 8. The molecule has 0 aliphatic rings. The van der Waals surface area contributed by atoms with Gasteiger partial charge in [-0.15, -0.1) is 0 Å². The number of carbonyl (C=O) groups is 1. The topological polar surface area (TPSA) is 84.5 Å². The van der Waals surface area contributed by atoms with E-state index in [2.05, 4.69) is 10.0 Å². The lowest BCUT2D eigenvalue weighted by molar-refractivity contribution is -0.116. The van der Waals surface area contributed by atoms with Gasteiger partial charge in [0.1, 0.15) is 11.5 Å². The summed E-state index contributed by atoms with van der Waals surface area (Å²) < 4.78 is 33.1. The van der Waals surface area contributed by atoms with Gasteiger partial charge in [0, 0.05) is 17.6 Å². The van der Waals surface area contributed by atoms with Crippen LogP contribution in [0.3, 0.4) is 0 Å². The van der Waals surface area contributed by atoms with Crippen molar-refractivity contribution in [1.29, 1.82) is 0 Å². The summed E-state index contributed by atoms with van der Waals surface area (Å²) in [4.78, 5) is 12.5. The van der Waals surface area contributed by atoms with Crippen molar-refractivity contribution >= 4 is 21.6 Å². The molecule has 0 aromatic heterocycles. The number of nitrogens with one attached hydrogen (secondary N) is 2. The second-order valence-electron chi connectivity index (χ2n) is 8.49. The first-order valence-corrected chi connectivity index (χ1v) is 11.8. The Hall–Kier alpha value is -3.16. The third-order valence-corrected chi connectivity index (χ3v) is 6.21. The molecule has 0 saturated carbocycles. The molecule has 7 heteroatoms. The maximum absolute atomic E-state index is 12.4. The second-order valence-corrected chi connectivity index (χ2v) is 10.2. The summed E-state index contributed by atoms with van der Waals surface area (Å²) in [5, 5.41) is 2.86. The van der Waals surface area contributed by atoms with E-state index in [1.807, 2.05) is 30.3 Å². The normalized spacial score (nSPS) is 11.7. The Morgan fingerprint density at radius 3 is 2.03 bits per heavy atom. The molecule has 0 aliphatic carbocycles. The molecule has 1 amide bonds. The lowest BCUT2D eigenvalue weighted by atomic mass is 10.1. The van der Waals surface area contributed by atoms with Crippen molar-refractivity contribution in [2.24, 2.45) is 0 Å². The summed E-state index contributed by atoms with van der Waals surface area (Å²) >= 11 is 0. The van der Waals surface area contributed by atoms with Gasteiger partial charge in [0.2, 0.25) is 15.9 Å². The number of benzene rings is 3. The number of hydrogen-bond donors (Lipinski definition) is 2. The Bertz CT molecular complexity index is 1140. The fraction of sp³-hybridized carbons (Fsp3) is 0.240. The molecule has 2 N–H and O–H groups in total. The molecule has 32 heavy (non-hydrogen) atoms. The number of carbonyl (C=O) groups excluding carboxylic acids is 1. The molecule has 0 atom stereocenters. The van der Waals surface area contributed by atoms with Gasteiger partial charge in [0.15, 0.2) is 0 Å². The van der Waals surface area contributed by atoms with Gasteiger partial charge in [-0.2, -0.15) is 0 Å². The van der Waals surface area contributed by atoms with Gasteiger partial charge in [0.05, 0.1) is 4.90 Å². The number of aryl methyl sites for hydroxylation is 1. The van der Waals surface area contributed by atoms with Crippen LogP contribution in [0.25, 0.3) is 0 Å². The molecule has 0 fully saturated rings. The Labute approximate surface area is 189 Å². The van der Waals surface area contributed by atoms with Crippen molar-refractivity contribution in [2.75, 3.05) is 5.32 Å². The first-order valence-electron chi connectivity index (χ1n) is 10.4. The zero-order chi connectivity index (χ0) is 23.2. The monoisotopic (exact) mass is 452 g/mol. The van der Waals surface area contributed by atoms with Gasteiger partial charge in [0.25, 0.3) is 0 Å². The smallest absolute Gasteiger partial charge is 0.241 e. The van der Waals surface area contributed by atoms with Crippen LogP contribution in [0.4, 0.5) is 5.69 Å². The highest BCUT2D eigenvalue weighted by Gasteiger charge is 2.21. The van der Waals surface area contributed by atoms with Crippen LogP contribution in [-0.4, -0.2) is 19.9 Å². The van der Waals surface area contributed by atoms with Gasteiger partial charge >= 0.3 is 0 Å². The second kappa shape index (κ2) is 9.97. The van der Waals surface area contributed by atoms with E-state index < -0.39 is 15.6 Å². The van der Waals surface area contributed by atoms with Crippen molar-refractivity contribution in [1.82, 2.24) is 4.72 Å². The largest absolute Gasteiger partial charge is 0.457 e. The van der Waals surface area contributed by atoms with Crippen molar-refractivity contribution in [3.05, 3.63) is 84.4 Å². The molecule has 3 aromatic carbocycles. The lowest BCUT2D eigenvalue weighted by Gasteiger charge is -2.20. The Morgan fingerprint density at radius 2 is 1.44 bits per heavy atom. The average Bonchev–Trinajstić information content (AvgIpc) is 2.73. The highest BCUT2D eigenvalue weighted by atomic mass is 32.2. The van der Waals surface area contributed by atoms with E-state index in [-0.39, 0.29) is 17.2 Å². The quantitative estimate of drug-likeness (QED) is 0.496. The lowest BCUT2D eigenvalue weighted by Crippen LogP contribution is -2.40. The van der Waals surface area contributed by atoms with E-state index in [0.717, 1.165) is 11.3 Å². The van der Waals surface area contributed by atoms with E-state index in [1.54, 1.807) is 69.3 Å². The number of sulfonamides is 1. The Kier molecular flexibility index (Phi) is 7.33. The van der Waals surface area contributed by atoms with Gasteiger partial charge in [-0.05, 0) is 81.3 Å². The minimum absolute atomic E-state index is 0.118. The number of ether oxygens (including phenoxy) is 1. The first kappa shape index (κ1) is 23.5. The summed E-state index contributed by atoms with van der Waals surface area (Å²) in [5.41, 5.74) is 1.02. The van der Waals surface area contributed by atoms with Crippen molar-refractivity contribution in [3.8, 4) is 11.5 Å². The summed E-state index contributed by atoms with van der Waals surface area (Å²) in [5.74, 6) is 1.32. The third kappa shape index (κ3) is 7.21. The zero-order valence-electron chi connectivity index (χ0n) is 18.5. The van der Waals surface area contributed by atoms with Crippen LogP contribution < -0.4 is 14.8 Å². The van der Waals surface area contributed by atoms with Crippen LogP contribution in [0.5, 0.6) is 11.5 Å². The number of para-hydroxylation sites is 1. The summed E-state index contributed by atoms with van der Waals surface area (Å²) in [7, 11) is -3.57. The Morgan fingerprint density at radius 1 is 0.844 bits per heavy atom. The fourth-order valence-corrected chi connectivity index (χ4v) is 4.43. The molecule has 168 valence electrons. The van der Waals surface area contributed by atoms with Crippen molar-refractivity contribution in [3.63, 3.8) is 0 Å². The van der Waals surface area contributed by atoms with Crippen LogP contribution in [0.2, 0.25) is 0 Å². The van der Waals surface area contributed by atoms with Crippen molar-refractivity contribution < 1.29 is 17.9 Å². The van der Waals surface area contributed by atoms with Gasteiger partial charge in [-0.3, -0.25) is 4.79 Å². The van der Waals surface area contributed by atoms with Gasteiger partial charge in [-0.1, -0.05) is 30.3 Å². The molecule has 0 spiro atoms. The SMILES string of the molecule is CC(C)(C)NS(=O)(=O)c1ccc(CCC(=O)Nc2ccc(Oc3ccccc3)cc2)cc1. The molecular weight excluding hydrogens is 424 g/mol. The standard InChI is InChI=1S/C25H28N2O4S/c1-25(2,3)27-32(29,30)23-16-9-19(10-17-23)11-18-24(28)26-20-12-14-22(15-13-20)31-21-7-5-4-6-8-21/h4-10,12-17,27H,11,18H2,1-3H3,(H,26,28). The van der Waals surface area contributed by atoms with E-state index in [0.29, 0.717) is 17.9 Å². The summed E-state index contributed by atoms with van der Waals surface area (Å²) in [6.07, 6.45) is 0.794. The third-order valence-electron chi connectivity index (χ3n) is 4.43. The predicted octanol–water partition coefficient (Wildman–Crippen LogP) is 5.13. The molecule has 0 heterocycles. The van der Waals surface area contributed by atoms with E-state index in [4.69, 9.17) is 4.74 Å². The average molecular weight is 453 g/mol. The molecule has 0 saturated heterocycles. The summed E-state index contributed by atoms with van der Waals surface area (Å²) in [6.45, 7) is 5.38. The van der Waals surface area contributed by atoms with Crippen LogP contribution in [0, 0.1) is 0 Å². The maximum Gasteiger partial charge on any atom is 0.241 e. The van der Waals surface area contributed by atoms with Crippen molar-refractivity contribution in [2.45, 2.75) is 44.0 Å². The van der Waals surface area contributed by atoms with Crippen LogP contribution in [0.15, 0.2) is 83.8 Å². The predicted molar refractivity (Wildman–Crippen MR) is 126 cm³/mol. The minimum Gasteiger partial charge on any atom is -0.457 e. The molecule has 3 rings (SSSR count). The maximum atomic E-state index is 12.4. The summed E-state index contributed by atoms with van der Waals surface area (Å²) in [6, 6.07) is 23.2. The molecular formula is C25H28N2O4S. The van der Waals surface area contributed by atoms with Crippen LogP contribution in [-0.2, 0) is 21.2 Å². The molecule has 6 nitrogen and oxygen atoms in total. The molecule has 0 bridgehead atoms. The molecule has 0 aliphatic heterocycles. The number of anilines is 1. The molecule has 3 aromatic rings. The fourth-order valence-electron chi connectivity index (χ4n) is 3.01. The first-order chi connectivity index (χ1) is 15.1.